The van der Waals surface area contributed by atoms with Gasteiger partial charge in [-0.25, -0.2) is 0 Å². The fourth-order valence-corrected chi connectivity index (χ4v) is 13.0. The Hall–Kier alpha value is 1.000. The van der Waals surface area contributed by atoms with Gasteiger partial charge in [-0.05, 0) is 18.3 Å². The molecular weight excluding hydrogens is 268 g/mol. The smallest absolute Gasteiger partial charge is 0.0699 e. The maximum atomic E-state index is 11.9. The highest BCUT2D eigenvalue weighted by atomic mass is 32.2. The third-order valence-corrected chi connectivity index (χ3v) is 12.1. The van der Waals surface area contributed by atoms with E-state index in [1.54, 1.807) is 0 Å². The molecule has 2 nitrogen and oxygen atoms in total. The van der Waals surface area contributed by atoms with Gasteiger partial charge in [-0.1, -0.05) is 0 Å². The maximum Gasteiger partial charge on any atom is 0.0699 e. The second kappa shape index (κ2) is 3.27. The number of thioether (sulfide) groups is 2. The summed E-state index contributed by atoms with van der Waals surface area (Å²) in [5.74, 6) is 1.24. The summed E-state index contributed by atoms with van der Waals surface area (Å²) in [6.07, 6.45) is 1.21. The van der Waals surface area contributed by atoms with Crippen LogP contribution in [0.25, 0.3) is 0 Å². The van der Waals surface area contributed by atoms with Gasteiger partial charge in [0.25, 0.3) is 0 Å². The average molecular weight is 280 g/mol. The SMILES string of the molecule is O=S1CSC2C3CC(C4SCS(=O)C34)C21. The Bertz CT molecular complexity index is 337. The van der Waals surface area contributed by atoms with Crippen LogP contribution in [0.1, 0.15) is 6.42 Å². The highest BCUT2D eigenvalue weighted by Crippen LogP contribution is 2.61. The van der Waals surface area contributed by atoms with Crippen molar-refractivity contribution in [1.29, 1.82) is 0 Å². The lowest BCUT2D eigenvalue weighted by Crippen LogP contribution is -2.43. The average Bonchev–Trinajstić information content (AvgIpc) is 2.87. The van der Waals surface area contributed by atoms with Gasteiger partial charge in [-0.3, -0.25) is 8.42 Å². The van der Waals surface area contributed by atoms with Gasteiger partial charge in [0.05, 0.1) is 20.7 Å². The monoisotopic (exact) mass is 280 g/mol. The molecule has 8 unspecified atom stereocenters. The zero-order valence-electron chi connectivity index (χ0n) is 8.03. The molecule has 0 aromatic heterocycles. The molecule has 0 N–H and O–H groups in total. The number of fused-ring (bicyclic) bond motifs is 8. The van der Waals surface area contributed by atoms with Crippen LogP contribution in [0.5, 0.6) is 0 Å². The molecule has 0 aromatic rings. The van der Waals surface area contributed by atoms with E-state index in [9.17, 15) is 8.42 Å². The summed E-state index contributed by atoms with van der Waals surface area (Å²) in [7, 11) is -1.20. The molecule has 2 aliphatic heterocycles. The summed E-state index contributed by atoms with van der Waals surface area (Å²) >= 11 is 3.78. The summed E-state index contributed by atoms with van der Waals surface area (Å²) in [5, 5.41) is 3.73. The third kappa shape index (κ3) is 1.15. The first kappa shape index (κ1) is 9.97. The lowest BCUT2D eigenvalue weighted by molar-refractivity contribution is 0.516. The predicted octanol–water partition coefficient (Wildman–Crippen LogP) is 1.02. The van der Waals surface area contributed by atoms with Crippen molar-refractivity contribution in [2.75, 3.05) is 10.2 Å². The van der Waals surface area contributed by atoms with Gasteiger partial charge >= 0.3 is 0 Å². The van der Waals surface area contributed by atoms with E-state index in [1.165, 1.54) is 6.42 Å². The minimum absolute atomic E-state index is 0.448. The molecule has 4 fully saturated rings. The Balaban J connectivity index is 1.76. The summed E-state index contributed by atoms with van der Waals surface area (Å²) in [4.78, 5) is 0. The Morgan fingerprint density at radius 2 is 1.33 bits per heavy atom. The van der Waals surface area contributed by atoms with E-state index in [-0.39, 0.29) is 0 Å². The fourth-order valence-electron chi connectivity index (χ4n) is 3.77. The molecular formula is C9H12O2S4. The molecule has 2 aliphatic carbocycles. The normalized spacial score (nSPS) is 65.9. The lowest BCUT2D eigenvalue weighted by Gasteiger charge is -2.30. The van der Waals surface area contributed by atoms with E-state index in [2.05, 4.69) is 0 Å². The number of hydrogen-bond donors (Lipinski definition) is 0. The van der Waals surface area contributed by atoms with E-state index in [0.717, 1.165) is 10.2 Å². The molecule has 0 spiro atoms. The molecule has 2 bridgehead atoms. The minimum atomic E-state index is -0.598. The zero-order chi connectivity index (χ0) is 10.2. The highest BCUT2D eigenvalue weighted by molar-refractivity contribution is 8.15. The van der Waals surface area contributed by atoms with Gasteiger partial charge < -0.3 is 0 Å². The molecule has 2 saturated heterocycles. The van der Waals surface area contributed by atoms with Crippen LogP contribution in [0.4, 0.5) is 0 Å². The van der Waals surface area contributed by atoms with E-state index >= 15 is 0 Å². The predicted molar refractivity (Wildman–Crippen MR) is 67.9 cm³/mol. The van der Waals surface area contributed by atoms with Crippen molar-refractivity contribution >= 4 is 45.1 Å². The quantitative estimate of drug-likeness (QED) is 0.663. The van der Waals surface area contributed by atoms with Crippen molar-refractivity contribution in [3.05, 3.63) is 0 Å². The molecule has 2 saturated carbocycles. The van der Waals surface area contributed by atoms with Crippen molar-refractivity contribution in [1.82, 2.24) is 0 Å². The largest absolute Gasteiger partial charge is 0.258 e. The highest BCUT2D eigenvalue weighted by Gasteiger charge is 2.65. The standard InChI is InChI=1S/C9H12O2S4/c10-14-2-12-6-4-1-5(8(6)14)7-9(4)15(11)3-13-7/h4-9H,1-3H2. The summed E-state index contributed by atoms with van der Waals surface area (Å²) < 4.78 is 23.8. The summed E-state index contributed by atoms with van der Waals surface area (Å²) in [6.45, 7) is 0. The van der Waals surface area contributed by atoms with Gasteiger partial charge in [0.1, 0.15) is 0 Å². The summed E-state index contributed by atoms with van der Waals surface area (Å²) in [6, 6.07) is 0. The Morgan fingerprint density at radius 1 is 0.867 bits per heavy atom. The molecule has 84 valence electrons. The van der Waals surface area contributed by atoms with Crippen LogP contribution >= 0.6 is 23.5 Å². The molecule has 15 heavy (non-hydrogen) atoms. The van der Waals surface area contributed by atoms with E-state index in [4.69, 9.17) is 0 Å². The van der Waals surface area contributed by atoms with Crippen LogP contribution in [0.15, 0.2) is 0 Å². The van der Waals surface area contributed by atoms with Crippen LogP contribution in [0.2, 0.25) is 0 Å². The first-order valence-corrected chi connectivity index (χ1v) is 10.1. The Kier molecular flexibility index (Phi) is 2.17. The van der Waals surface area contributed by atoms with Crippen molar-refractivity contribution < 1.29 is 8.42 Å². The molecule has 4 aliphatic rings. The Morgan fingerprint density at radius 3 is 1.80 bits per heavy atom. The second-order valence-corrected chi connectivity index (χ2v) is 11.0. The van der Waals surface area contributed by atoms with Crippen LogP contribution in [-0.4, -0.2) is 39.6 Å². The van der Waals surface area contributed by atoms with E-state index in [1.807, 2.05) is 23.5 Å². The van der Waals surface area contributed by atoms with Gasteiger partial charge in [0, 0.05) is 32.1 Å². The van der Waals surface area contributed by atoms with Gasteiger partial charge in [0.2, 0.25) is 0 Å². The van der Waals surface area contributed by atoms with Crippen LogP contribution in [0, 0.1) is 11.8 Å². The topological polar surface area (TPSA) is 34.1 Å². The van der Waals surface area contributed by atoms with Crippen LogP contribution in [0.3, 0.4) is 0 Å². The van der Waals surface area contributed by atoms with Crippen LogP contribution in [-0.2, 0) is 21.6 Å². The molecule has 8 atom stereocenters. The first-order chi connectivity index (χ1) is 7.27. The number of hydrogen-bond acceptors (Lipinski definition) is 4. The van der Waals surface area contributed by atoms with E-state index < -0.39 is 21.6 Å². The van der Waals surface area contributed by atoms with Crippen LogP contribution < -0.4 is 0 Å². The molecule has 0 amide bonds. The van der Waals surface area contributed by atoms with Crippen molar-refractivity contribution in [3.63, 3.8) is 0 Å². The Labute approximate surface area is 103 Å². The molecule has 6 heteroatoms. The van der Waals surface area contributed by atoms with Gasteiger partial charge in [-0.2, -0.15) is 0 Å². The number of rotatable bonds is 0. The van der Waals surface area contributed by atoms with E-state index in [0.29, 0.717) is 32.8 Å². The van der Waals surface area contributed by atoms with Crippen molar-refractivity contribution in [3.8, 4) is 0 Å². The second-order valence-electron chi connectivity index (χ2n) is 4.75. The first-order valence-electron chi connectivity index (χ1n) is 5.25. The van der Waals surface area contributed by atoms with Gasteiger partial charge in [0.15, 0.2) is 0 Å². The maximum absolute atomic E-state index is 11.9. The fraction of sp³-hybridized carbons (Fsp3) is 1.00. The van der Waals surface area contributed by atoms with Gasteiger partial charge in [-0.15, -0.1) is 23.5 Å². The minimum Gasteiger partial charge on any atom is -0.258 e. The molecule has 0 radical (unpaired) electrons. The zero-order valence-corrected chi connectivity index (χ0v) is 11.3. The lowest BCUT2D eigenvalue weighted by atomic mass is 9.98. The molecule has 0 aromatic carbocycles. The van der Waals surface area contributed by atoms with Crippen molar-refractivity contribution in [2.45, 2.75) is 27.4 Å². The molecule has 2 heterocycles. The molecule has 4 rings (SSSR count). The summed E-state index contributed by atoms with van der Waals surface area (Å²) in [5.41, 5.74) is 0. The van der Waals surface area contributed by atoms with Crippen molar-refractivity contribution in [2.24, 2.45) is 11.8 Å². The third-order valence-electron chi connectivity index (χ3n) is 4.24.